The highest BCUT2D eigenvalue weighted by Crippen LogP contribution is 2.22. The van der Waals surface area contributed by atoms with Gasteiger partial charge in [-0.2, -0.15) is 5.10 Å². The second-order valence-corrected chi connectivity index (χ2v) is 6.95. The topological polar surface area (TPSA) is 90.9 Å². The summed E-state index contributed by atoms with van der Waals surface area (Å²) in [5, 5.41) is 7.09. The van der Waals surface area contributed by atoms with E-state index in [1.54, 1.807) is 12.4 Å². The molecule has 0 spiro atoms. The number of aromatic nitrogens is 5. The molecule has 0 aromatic carbocycles. The van der Waals surface area contributed by atoms with Crippen molar-refractivity contribution in [3.05, 3.63) is 54.9 Å². The van der Waals surface area contributed by atoms with Crippen molar-refractivity contribution in [1.82, 2.24) is 30.0 Å². The van der Waals surface area contributed by atoms with Gasteiger partial charge in [0.05, 0.1) is 6.42 Å². The summed E-state index contributed by atoms with van der Waals surface area (Å²) in [6.07, 6.45) is 9.14. The molecule has 3 aromatic heterocycles. The number of hydrogen-bond donors (Lipinski definition) is 1. The number of anilines is 1. The maximum atomic E-state index is 12.7. The first-order valence-corrected chi connectivity index (χ1v) is 9.43. The number of likely N-dealkylation sites (N-methyl/N-ethyl adjacent to an activating group) is 1. The van der Waals surface area contributed by atoms with Crippen LogP contribution < -0.4 is 4.90 Å². The van der Waals surface area contributed by atoms with E-state index in [9.17, 15) is 4.79 Å². The third-order valence-electron chi connectivity index (χ3n) is 5.22. The van der Waals surface area contributed by atoms with E-state index in [4.69, 9.17) is 0 Å². The molecule has 144 valence electrons. The monoisotopic (exact) mass is 377 g/mol. The van der Waals surface area contributed by atoms with E-state index in [2.05, 4.69) is 30.0 Å². The third kappa shape index (κ3) is 4.00. The fourth-order valence-electron chi connectivity index (χ4n) is 3.54. The summed E-state index contributed by atoms with van der Waals surface area (Å²) in [6, 6.07) is 7.99. The number of amides is 1. The Morgan fingerprint density at radius 1 is 1.11 bits per heavy atom. The normalized spacial score (nSPS) is 14.8. The lowest BCUT2D eigenvalue weighted by molar-refractivity contribution is -0.131. The summed E-state index contributed by atoms with van der Waals surface area (Å²) in [4.78, 5) is 29.4. The Kier molecular flexibility index (Phi) is 5.27. The summed E-state index contributed by atoms with van der Waals surface area (Å²) >= 11 is 0. The number of nitrogens with one attached hydrogen (secondary N) is 1. The molecule has 0 aliphatic carbocycles. The lowest BCUT2D eigenvalue weighted by Gasteiger charge is -2.37. The van der Waals surface area contributed by atoms with Gasteiger partial charge in [-0.25, -0.2) is 4.98 Å². The molecule has 4 heterocycles. The Morgan fingerprint density at radius 2 is 1.75 bits per heavy atom. The minimum absolute atomic E-state index is 0.0554. The molecule has 1 N–H and O–H groups in total. The van der Waals surface area contributed by atoms with E-state index in [-0.39, 0.29) is 18.4 Å². The van der Waals surface area contributed by atoms with E-state index >= 15 is 0 Å². The SMILES string of the molecule is CN(C(=O)Cc1nc(-c2ccncc2)n[nH]1)C1CCN(c2ccncc2)CC1. The van der Waals surface area contributed by atoms with E-state index < -0.39 is 0 Å². The zero-order valence-electron chi connectivity index (χ0n) is 15.8. The van der Waals surface area contributed by atoms with E-state index in [1.807, 2.05) is 48.6 Å². The maximum Gasteiger partial charge on any atom is 0.230 e. The molecular weight excluding hydrogens is 354 g/mol. The van der Waals surface area contributed by atoms with Crippen LogP contribution in [0.5, 0.6) is 0 Å². The Balaban J connectivity index is 1.32. The van der Waals surface area contributed by atoms with E-state index in [0.717, 1.165) is 31.5 Å². The van der Waals surface area contributed by atoms with Crippen LogP contribution in [-0.2, 0) is 11.2 Å². The lowest BCUT2D eigenvalue weighted by Crippen LogP contribution is -2.46. The van der Waals surface area contributed by atoms with Gasteiger partial charge >= 0.3 is 0 Å². The largest absolute Gasteiger partial charge is 0.371 e. The maximum absolute atomic E-state index is 12.7. The molecule has 0 unspecified atom stereocenters. The smallest absolute Gasteiger partial charge is 0.230 e. The quantitative estimate of drug-likeness (QED) is 0.731. The molecule has 0 saturated carbocycles. The average molecular weight is 377 g/mol. The number of aromatic amines is 1. The molecule has 0 radical (unpaired) electrons. The zero-order chi connectivity index (χ0) is 19.3. The predicted molar refractivity (Wildman–Crippen MR) is 106 cm³/mol. The lowest BCUT2D eigenvalue weighted by atomic mass is 10.0. The highest BCUT2D eigenvalue weighted by molar-refractivity contribution is 5.78. The standard InChI is InChI=1S/C20H23N7O/c1-26(16-6-12-27(13-7-16)17-4-10-22-11-5-17)19(28)14-18-23-20(25-24-18)15-2-8-21-9-3-15/h2-5,8-11,16H,6-7,12-14H2,1H3,(H,23,24,25). The van der Waals surface area contributed by atoms with Crippen LogP contribution in [-0.4, -0.2) is 62.1 Å². The number of carbonyl (C=O) groups is 1. The number of rotatable bonds is 5. The van der Waals surface area contributed by atoms with Crippen LogP contribution in [0.1, 0.15) is 18.7 Å². The van der Waals surface area contributed by atoms with Gasteiger partial charge in [0.15, 0.2) is 5.82 Å². The van der Waals surface area contributed by atoms with Gasteiger partial charge in [-0.15, -0.1) is 0 Å². The zero-order valence-corrected chi connectivity index (χ0v) is 15.8. The minimum Gasteiger partial charge on any atom is -0.371 e. The van der Waals surface area contributed by atoms with Gasteiger partial charge in [0.2, 0.25) is 5.91 Å². The first-order chi connectivity index (χ1) is 13.7. The van der Waals surface area contributed by atoms with Crippen molar-refractivity contribution < 1.29 is 4.79 Å². The average Bonchev–Trinajstić information content (AvgIpc) is 3.23. The molecule has 1 aliphatic rings. The van der Waals surface area contributed by atoms with Crippen LogP contribution in [0.4, 0.5) is 5.69 Å². The molecule has 1 aliphatic heterocycles. The fraction of sp³-hybridized carbons (Fsp3) is 0.350. The number of hydrogen-bond acceptors (Lipinski definition) is 6. The number of H-pyrrole nitrogens is 1. The van der Waals surface area contributed by atoms with Crippen molar-refractivity contribution in [1.29, 1.82) is 0 Å². The van der Waals surface area contributed by atoms with Gasteiger partial charge in [0.25, 0.3) is 0 Å². The summed E-state index contributed by atoms with van der Waals surface area (Å²) in [6.45, 7) is 1.86. The van der Waals surface area contributed by atoms with Crippen molar-refractivity contribution in [2.75, 3.05) is 25.0 Å². The van der Waals surface area contributed by atoms with E-state index in [1.165, 1.54) is 5.69 Å². The predicted octanol–water partition coefficient (Wildman–Crippen LogP) is 1.93. The first kappa shape index (κ1) is 18.1. The molecular formula is C20H23N7O. The van der Waals surface area contributed by atoms with Crippen LogP contribution >= 0.6 is 0 Å². The number of pyridine rings is 2. The number of carbonyl (C=O) groups excluding carboxylic acids is 1. The van der Waals surface area contributed by atoms with Crippen molar-refractivity contribution in [3.63, 3.8) is 0 Å². The van der Waals surface area contributed by atoms with Gasteiger partial charge < -0.3 is 9.80 Å². The Labute approximate surface area is 163 Å². The van der Waals surface area contributed by atoms with Gasteiger partial charge in [0, 0.05) is 62.2 Å². The molecule has 4 rings (SSSR count). The molecule has 0 bridgehead atoms. The van der Waals surface area contributed by atoms with Crippen LogP contribution in [0.2, 0.25) is 0 Å². The first-order valence-electron chi connectivity index (χ1n) is 9.43. The van der Waals surface area contributed by atoms with Gasteiger partial charge in [-0.1, -0.05) is 0 Å². The van der Waals surface area contributed by atoms with Crippen molar-refractivity contribution in [3.8, 4) is 11.4 Å². The summed E-state index contributed by atoms with van der Waals surface area (Å²) in [5.74, 6) is 1.22. The number of nitrogens with zero attached hydrogens (tertiary/aromatic N) is 6. The highest BCUT2D eigenvalue weighted by Gasteiger charge is 2.26. The summed E-state index contributed by atoms with van der Waals surface area (Å²) < 4.78 is 0. The second-order valence-electron chi connectivity index (χ2n) is 6.95. The van der Waals surface area contributed by atoms with Crippen molar-refractivity contribution in [2.24, 2.45) is 0 Å². The highest BCUT2D eigenvalue weighted by atomic mass is 16.2. The Hall–Kier alpha value is -3.29. The Bertz CT molecular complexity index is 905. The molecule has 3 aromatic rings. The van der Waals surface area contributed by atoms with Gasteiger partial charge in [0.1, 0.15) is 5.82 Å². The van der Waals surface area contributed by atoms with Crippen LogP contribution in [0.3, 0.4) is 0 Å². The number of piperidine rings is 1. The van der Waals surface area contributed by atoms with Gasteiger partial charge in [-0.05, 0) is 37.1 Å². The summed E-state index contributed by atoms with van der Waals surface area (Å²) in [5.41, 5.74) is 2.06. The molecule has 1 fully saturated rings. The minimum atomic E-state index is 0.0554. The molecule has 1 saturated heterocycles. The molecule has 28 heavy (non-hydrogen) atoms. The molecule has 1 amide bonds. The van der Waals surface area contributed by atoms with Gasteiger partial charge in [-0.3, -0.25) is 19.9 Å². The molecule has 8 heteroatoms. The summed E-state index contributed by atoms with van der Waals surface area (Å²) in [7, 11) is 1.88. The van der Waals surface area contributed by atoms with Crippen LogP contribution in [0.25, 0.3) is 11.4 Å². The molecule has 0 atom stereocenters. The van der Waals surface area contributed by atoms with E-state index in [0.29, 0.717) is 11.6 Å². The van der Waals surface area contributed by atoms with Crippen molar-refractivity contribution in [2.45, 2.75) is 25.3 Å². The molecule has 8 nitrogen and oxygen atoms in total. The second kappa shape index (κ2) is 8.16. The Morgan fingerprint density at radius 3 is 2.43 bits per heavy atom. The third-order valence-corrected chi connectivity index (χ3v) is 5.22. The van der Waals surface area contributed by atoms with Crippen molar-refractivity contribution >= 4 is 11.6 Å². The van der Waals surface area contributed by atoms with Crippen LogP contribution in [0, 0.1) is 0 Å². The van der Waals surface area contributed by atoms with Crippen LogP contribution in [0.15, 0.2) is 49.1 Å². The fourth-order valence-corrected chi connectivity index (χ4v) is 3.54.